The number of aryl methyl sites for hydroxylation is 1. The maximum Gasteiger partial charge on any atom is 0.154 e. The Bertz CT molecular complexity index is 504. The SMILES string of the molecule is Cc1ccn(-c2cccc(C(N)=S)n2)n1. The maximum atomic E-state index is 5.51. The highest BCUT2D eigenvalue weighted by Gasteiger charge is 2.02. The van der Waals surface area contributed by atoms with Crippen LogP contribution < -0.4 is 5.73 Å². The van der Waals surface area contributed by atoms with E-state index in [1.54, 1.807) is 10.7 Å². The molecule has 0 amide bonds. The van der Waals surface area contributed by atoms with Gasteiger partial charge in [-0.15, -0.1) is 0 Å². The van der Waals surface area contributed by atoms with Gasteiger partial charge in [0.05, 0.1) is 11.4 Å². The molecule has 0 unspecified atom stereocenters. The van der Waals surface area contributed by atoms with E-state index in [0.717, 1.165) is 5.69 Å². The maximum absolute atomic E-state index is 5.51. The molecule has 5 heteroatoms. The molecular formula is C10H10N4S. The zero-order valence-electron chi connectivity index (χ0n) is 8.21. The smallest absolute Gasteiger partial charge is 0.154 e. The van der Waals surface area contributed by atoms with Crippen molar-refractivity contribution in [2.24, 2.45) is 5.73 Å². The van der Waals surface area contributed by atoms with E-state index in [9.17, 15) is 0 Å². The summed E-state index contributed by atoms with van der Waals surface area (Å²) in [5, 5.41) is 4.25. The average molecular weight is 218 g/mol. The summed E-state index contributed by atoms with van der Waals surface area (Å²) in [6.45, 7) is 1.92. The Morgan fingerprint density at radius 2 is 2.20 bits per heavy atom. The minimum absolute atomic E-state index is 0.292. The fraction of sp³-hybridized carbons (Fsp3) is 0.100. The lowest BCUT2D eigenvalue weighted by Gasteiger charge is -2.02. The molecule has 0 saturated carbocycles. The molecular weight excluding hydrogens is 208 g/mol. The Hall–Kier alpha value is -1.75. The molecule has 0 aliphatic heterocycles. The molecule has 0 fully saturated rings. The van der Waals surface area contributed by atoms with Gasteiger partial charge in [-0.3, -0.25) is 0 Å². The van der Waals surface area contributed by atoms with Gasteiger partial charge < -0.3 is 5.73 Å². The van der Waals surface area contributed by atoms with Crippen molar-refractivity contribution in [3.05, 3.63) is 41.9 Å². The number of nitrogens with two attached hydrogens (primary N) is 1. The van der Waals surface area contributed by atoms with E-state index in [1.165, 1.54) is 0 Å². The zero-order chi connectivity index (χ0) is 10.8. The van der Waals surface area contributed by atoms with Gasteiger partial charge in [0.1, 0.15) is 4.99 Å². The highest BCUT2D eigenvalue weighted by Crippen LogP contribution is 2.05. The van der Waals surface area contributed by atoms with E-state index in [2.05, 4.69) is 10.1 Å². The third kappa shape index (κ3) is 2.02. The van der Waals surface area contributed by atoms with Gasteiger partial charge in [0.2, 0.25) is 0 Å². The molecule has 0 bridgehead atoms. The lowest BCUT2D eigenvalue weighted by molar-refractivity contribution is 0.831. The van der Waals surface area contributed by atoms with Gasteiger partial charge >= 0.3 is 0 Å². The van der Waals surface area contributed by atoms with Crippen molar-refractivity contribution in [3.63, 3.8) is 0 Å². The summed E-state index contributed by atoms with van der Waals surface area (Å²) in [5.41, 5.74) is 7.05. The van der Waals surface area contributed by atoms with Crippen LogP contribution in [0.5, 0.6) is 0 Å². The first-order valence-electron chi connectivity index (χ1n) is 4.46. The van der Waals surface area contributed by atoms with E-state index in [4.69, 9.17) is 18.0 Å². The third-order valence-corrected chi connectivity index (χ3v) is 2.15. The first kappa shape index (κ1) is 9.79. The number of hydrogen-bond acceptors (Lipinski definition) is 3. The highest BCUT2D eigenvalue weighted by molar-refractivity contribution is 7.80. The van der Waals surface area contributed by atoms with Gasteiger partial charge in [-0.1, -0.05) is 18.3 Å². The molecule has 76 valence electrons. The fourth-order valence-electron chi connectivity index (χ4n) is 1.23. The minimum Gasteiger partial charge on any atom is -0.388 e. The van der Waals surface area contributed by atoms with Crippen LogP contribution in [0, 0.1) is 6.92 Å². The van der Waals surface area contributed by atoms with Gasteiger partial charge in [-0.25, -0.2) is 9.67 Å². The summed E-state index contributed by atoms with van der Waals surface area (Å²) in [7, 11) is 0. The van der Waals surface area contributed by atoms with Crippen LogP contribution in [-0.4, -0.2) is 19.8 Å². The molecule has 0 spiro atoms. The van der Waals surface area contributed by atoms with Gasteiger partial charge in [-0.05, 0) is 25.1 Å². The van der Waals surface area contributed by atoms with Crippen LogP contribution in [0.1, 0.15) is 11.4 Å². The summed E-state index contributed by atoms with van der Waals surface area (Å²) in [5.74, 6) is 0.716. The summed E-state index contributed by atoms with van der Waals surface area (Å²) >= 11 is 4.86. The minimum atomic E-state index is 0.292. The lowest BCUT2D eigenvalue weighted by Crippen LogP contribution is -2.13. The Kier molecular flexibility index (Phi) is 2.47. The summed E-state index contributed by atoms with van der Waals surface area (Å²) in [6, 6.07) is 7.40. The molecule has 2 aromatic heterocycles. The molecule has 0 radical (unpaired) electrons. The van der Waals surface area contributed by atoms with Crippen molar-refractivity contribution < 1.29 is 0 Å². The predicted molar refractivity (Wildman–Crippen MR) is 62.0 cm³/mol. The van der Waals surface area contributed by atoms with Gasteiger partial charge in [0, 0.05) is 6.20 Å². The van der Waals surface area contributed by atoms with Crippen LogP contribution >= 0.6 is 12.2 Å². The molecule has 4 nitrogen and oxygen atoms in total. The van der Waals surface area contributed by atoms with Crippen molar-refractivity contribution in [2.75, 3.05) is 0 Å². The Labute approximate surface area is 92.7 Å². The van der Waals surface area contributed by atoms with E-state index < -0.39 is 0 Å². The quantitative estimate of drug-likeness (QED) is 0.770. The van der Waals surface area contributed by atoms with Crippen molar-refractivity contribution in [1.29, 1.82) is 0 Å². The number of aromatic nitrogens is 3. The average Bonchev–Trinajstić information content (AvgIpc) is 2.65. The highest BCUT2D eigenvalue weighted by atomic mass is 32.1. The Morgan fingerprint density at radius 3 is 2.80 bits per heavy atom. The molecule has 0 atom stereocenters. The molecule has 0 aliphatic rings. The molecule has 2 N–H and O–H groups in total. The molecule has 0 aliphatic carbocycles. The van der Waals surface area contributed by atoms with Gasteiger partial charge in [0.25, 0.3) is 0 Å². The number of thiocarbonyl (C=S) groups is 1. The molecule has 15 heavy (non-hydrogen) atoms. The lowest BCUT2D eigenvalue weighted by atomic mass is 10.3. The van der Waals surface area contributed by atoms with E-state index in [-0.39, 0.29) is 0 Å². The molecule has 2 aromatic rings. The summed E-state index contributed by atoms with van der Waals surface area (Å²) < 4.78 is 1.69. The van der Waals surface area contributed by atoms with E-state index in [0.29, 0.717) is 16.5 Å². The summed E-state index contributed by atoms with van der Waals surface area (Å²) in [6.07, 6.45) is 1.85. The van der Waals surface area contributed by atoms with Crippen molar-refractivity contribution in [2.45, 2.75) is 6.92 Å². The van der Waals surface area contributed by atoms with Crippen LogP contribution in [0.3, 0.4) is 0 Å². The number of rotatable bonds is 2. The standard InChI is InChI=1S/C10H10N4S/c1-7-5-6-14(13-7)9-4-2-3-8(12-9)10(11)15/h2-6H,1H3,(H2,11,15). The number of pyridine rings is 1. The number of hydrogen-bond donors (Lipinski definition) is 1. The Balaban J connectivity index is 2.45. The predicted octanol–water partition coefficient (Wildman–Crippen LogP) is 1.21. The number of nitrogens with zero attached hydrogens (tertiary/aromatic N) is 3. The normalized spacial score (nSPS) is 10.2. The van der Waals surface area contributed by atoms with Crippen LogP contribution in [0.25, 0.3) is 5.82 Å². The zero-order valence-corrected chi connectivity index (χ0v) is 9.03. The van der Waals surface area contributed by atoms with Crippen molar-refractivity contribution in [1.82, 2.24) is 14.8 Å². The third-order valence-electron chi connectivity index (χ3n) is 1.94. The topological polar surface area (TPSA) is 56.7 Å². The monoisotopic (exact) mass is 218 g/mol. The van der Waals surface area contributed by atoms with Crippen LogP contribution in [-0.2, 0) is 0 Å². The first-order valence-corrected chi connectivity index (χ1v) is 4.87. The fourth-order valence-corrected chi connectivity index (χ4v) is 1.34. The van der Waals surface area contributed by atoms with Crippen LogP contribution in [0.15, 0.2) is 30.5 Å². The van der Waals surface area contributed by atoms with Crippen LogP contribution in [0.4, 0.5) is 0 Å². The Morgan fingerprint density at radius 1 is 1.40 bits per heavy atom. The van der Waals surface area contributed by atoms with Crippen molar-refractivity contribution in [3.8, 4) is 5.82 Å². The second-order valence-electron chi connectivity index (χ2n) is 3.15. The molecule has 0 aromatic carbocycles. The molecule has 0 saturated heterocycles. The second kappa shape index (κ2) is 3.78. The second-order valence-corrected chi connectivity index (χ2v) is 3.59. The van der Waals surface area contributed by atoms with Crippen molar-refractivity contribution >= 4 is 17.2 Å². The van der Waals surface area contributed by atoms with E-state index in [1.807, 2.05) is 31.3 Å². The van der Waals surface area contributed by atoms with Gasteiger partial charge in [-0.2, -0.15) is 5.10 Å². The summed E-state index contributed by atoms with van der Waals surface area (Å²) in [4.78, 5) is 4.58. The first-order chi connectivity index (χ1) is 7.16. The van der Waals surface area contributed by atoms with E-state index >= 15 is 0 Å². The molecule has 2 heterocycles. The largest absolute Gasteiger partial charge is 0.388 e. The molecule has 2 rings (SSSR count). The van der Waals surface area contributed by atoms with Gasteiger partial charge in [0.15, 0.2) is 5.82 Å². The van der Waals surface area contributed by atoms with Crippen LogP contribution in [0.2, 0.25) is 0 Å².